The molecule has 1 aliphatic rings. The number of aromatic nitrogens is 1. The molecule has 0 bridgehead atoms. The van der Waals surface area contributed by atoms with Crippen LogP contribution >= 0.6 is 0 Å². The zero-order valence-corrected chi connectivity index (χ0v) is 18.0. The first-order valence-electron chi connectivity index (χ1n) is 9.67. The standard InChI is InChI=1S/C22H13F3N2O6S/c1-27-20(28)18-16(32-14-8-4-5-9-15(14)33-34(30,31)22(23,24)25)10-13-17(19(18)21(27)29)11-6-2-3-7-12(11)26-13/h2-10,26H,1H3. The number of carbonyl (C=O) groups is 2. The molecule has 174 valence electrons. The van der Waals surface area contributed by atoms with Crippen LogP contribution in [0.25, 0.3) is 21.8 Å². The highest BCUT2D eigenvalue weighted by Crippen LogP contribution is 2.43. The molecule has 2 amide bonds. The van der Waals surface area contributed by atoms with Gasteiger partial charge < -0.3 is 13.9 Å². The quantitative estimate of drug-likeness (QED) is 0.255. The van der Waals surface area contributed by atoms with Crippen LogP contribution in [-0.2, 0) is 10.1 Å². The Bertz CT molecular complexity index is 1630. The lowest BCUT2D eigenvalue weighted by Gasteiger charge is -2.15. The van der Waals surface area contributed by atoms with E-state index in [0.29, 0.717) is 21.8 Å². The van der Waals surface area contributed by atoms with Gasteiger partial charge in [0.25, 0.3) is 11.8 Å². The zero-order valence-electron chi connectivity index (χ0n) is 17.1. The molecule has 0 radical (unpaired) electrons. The Labute approximate surface area is 189 Å². The summed E-state index contributed by atoms with van der Waals surface area (Å²) in [6, 6.07) is 13.3. The molecule has 34 heavy (non-hydrogen) atoms. The van der Waals surface area contributed by atoms with Crippen molar-refractivity contribution >= 4 is 43.7 Å². The summed E-state index contributed by atoms with van der Waals surface area (Å²) in [6.45, 7) is 0. The average Bonchev–Trinajstić information content (AvgIpc) is 3.24. The second-order valence-electron chi connectivity index (χ2n) is 7.42. The molecule has 0 spiro atoms. The molecule has 1 aromatic heterocycles. The Morgan fingerprint density at radius 1 is 0.853 bits per heavy atom. The Morgan fingerprint density at radius 2 is 1.47 bits per heavy atom. The van der Waals surface area contributed by atoms with Crippen molar-refractivity contribution in [3.8, 4) is 17.2 Å². The largest absolute Gasteiger partial charge is 0.534 e. The molecule has 4 aromatic rings. The van der Waals surface area contributed by atoms with Gasteiger partial charge in [0.2, 0.25) is 0 Å². The summed E-state index contributed by atoms with van der Waals surface area (Å²) in [5.74, 6) is -2.55. The second kappa shape index (κ2) is 7.22. The normalized spacial score (nSPS) is 14.2. The fourth-order valence-corrected chi connectivity index (χ4v) is 4.28. The van der Waals surface area contributed by atoms with Gasteiger partial charge >= 0.3 is 15.6 Å². The lowest BCUT2D eigenvalue weighted by atomic mass is 10.0. The van der Waals surface area contributed by atoms with E-state index < -0.39 is 38.9 Å². The van der Waals surface area contributed by atoms with Crippen LogP contribution in [0, 0.1) is 0 Å². The van der Waals surface area contributed by atoms with Crippen LogP contribution in [0.1, 0.15) is 20.7 Å². The molecular formula is C22H13F3N2O6S. The molecule has 0 aliphatic carbocycles. The SMILES string of the molecule is CN1C(=O)c2c(Oc3ccccc3OS(=O)(=O)C(F)(F)F)cc3[nH]c4ccccc4c3c2C1=O. The van der Waals surface area contributed by atoms with E-state index in [1.807, 2.05) is 0 Å². The van der Waals surface area contributed by atoms with Crippen molar-refractivity contribution in [2.45, 2.75) is 5.51 Å². The topological polar surface area (TPSA) is 106 Å². The highest BCUT2D eigenvalue weighted by molar-refractivity contribution is 7.88. The Morgan fingerprint density at radius 3 is 2.18 bits per heavy atom. The van der Waals surface area contributed by atoms with E-state index in [0.717, 1.165) is 11.0 Å². The van der Waals surface area contributed by atoms with Gasteiger partial charge in [-0.1, -0.05) is 30.3 Å². The van der Waals surface area contributed by atoms with E-state index in [1.54, 1.807) is 24.3 Å². The average molecular weight is 490 g/mol. The minimum atomic E-state index is -5.97. The first-order valence-corrected chi connectivity index (χ1v) is 11.1. The molecule has 8 nitrogen and oxygen atoms in total. The number of rotatable bonds is 4. The van der Waals surface area contributed by atoms with E-state index in [-0.39, 0.29) is 16.9 Å². The van der Waals surface area contributed by atoms with E-state index >= 15 is 0 Å². The predicted molar refractivity (Wildman–Crippen MR) is 114 cm³/mol. The van der Waals surface area contributed by atoms with Crippen molar-refractivity contribution in [2.75, 3.05) is 7.05 Å². The lowest BCUT2D eigenvalue weighted by Crippen LogP contribution is -2.28. The monoisotopic (exact) mass is 490 g/mol. The number of benzene rings is 3. The lowest BCUT2D eigenvalue weighted by molar-refractivity contribution is -0.0500. The second-order valence-corrected chi connectivity index (χ2v) is 8.96. The fraction of sp³-hybridized carbons (Fsp3) is 0.0909. The van der Waals surface area contributed by atoms with Crippen LogP contribution in [0.2, 0.25) is 0 Å². The number of imide groups is 1. The minimum absolute atomic E-state index is 0.0683. The maximum absolute atomic E-state index is 12.9. The Kier molecular flexibility index (Phi) is 4.62. The van der Waals surface area contributed by atoms with E-state index in [9.17, 15) is 31.2 Å². The number of alkyl halides is 3. The van der Waals surface area contributed by atoms with Crippen LogP contribution in [0.3, 0.4) is 0 Å². The number of H-pyrrole nitrogens is 1. The van der Waals surface area contributed by atoms with E-state index in [1.165, 1.54) is 31.3 Å². The minimum Gasteiger partial charge on any atom is -0.452 e. The highest BCUT2D eigenvalue weighted by atomic mass is 32.2. The van der Waals surface area contributed by atoms with Crippen molar-refractivity contribution in [2.24, 2.45) is 0 Å². The van der Waals surface area contributed by atoms with Gasteiger partial charge in [-0.15, -0.1) is 0 Å². The van der Waals surface area contributed by atoms with Crippen LogP contribution in [-0.4, -0.2) is 42.7 Å². The molecule has 1 N–H and O–H groups in total. The number of nitrogens with one attached hydrogen (secondary N) is 1. The number of aromatic amines is 1. The molecule has 5 rings (SSSR count). The number of carbonyl (C=O) groups excluding carboxylic acids is 2. The highest BCUT2D eigenvalue weighted by Gasteiger charge is 2.49. The molecule has 12 heteroatoms. The predicted octanol–water partition coefficient (Wildman–Crippen LogP) is 4.57. The first-order chi connectivity index (χ1) is 16.0. The number of nitrogens with zero attached hydrogens (tertiary/aromatic N) is 1. The van der Waals surface area contributed by atoms with Crippen LogP contribution in [0.15, 0.2) is 54.6 Å². The summed E-state index contributed by atoms with van der Waals surface area (Å²) in [5, 5.41) is 1.18. The molecule has 0 unspecified atom stereocenters. The van der Waals surface area contributed by atoms with Gasteiger partial charge in [0, 0.05) is 29.4 Å². The summed E-state index contributed by atoms with van der Waals surface area (Å²) >= 11 is 0. The van der Waals surface area contributed by atoms with Gasteiger partial charge in [-0.2, -0.15) is 21.6 Å². The van der Waals surface area contributed by atoms with E-state index in [4.69, 9.17) is 4.74 Å². The molecule has 3 aromatic carbocycles. The van der Waals surface area contributed by atoms with Crippen molar-refractivity contribution in [1.82, 2.24) is 9.88 Å². The number of amides is 2. The number of hydrogen-bond donors (Lipinski definition) is 1. The number of ether oxygens (including phenoxy) is 1. The summed E-state index contributed by atoms with van der Waals surface area (Å²) < 4.78 is 71.5. The van der Waals surface area contributed by atoms with Crippen molar-refractivity contribution in [3.05, 3.63) is 65.7 Å². The number of fused-ring (bicyclic) bond motifs is 5. The summed E-state index contributed by atoms with van der Waals surface area (Å²) in [4.78, 5) is 29.9. The molecule has 1 aliphatic heterocycles. The van der Waals surface area contributed by atoms with Crippen molar-refractivity contribution in [3.63, 3.8) is 0 Å². The molecule has 2 heterocycles. The van der Waals surface area contributed by atoms with Crippen molar-refractivity contribution in [1.29, 1.82) is 0 Å². The van der Waals surface area contributed by atoms with Gasteiger partial charge in [0.05, 0.1) is 16.6 Å². The Balaban J connectivity index is 1.70. The van der Waals surface area contributed by atoms with Crippen LogP contribution < -0.4 is 8.92 Å². The maximum atomic E-state index is 12.9. The summed E-state index contributed by atoms with van der Waals surface area (Å²) in [7, 11) is -4.68. The van der Waals surface area contributed by atoms with Crippen molar-refractivity contribution < 1.29 is 40.1 Å². The summed E-state index contributed by atoms with van der Waals surface area (Å²) in [5.41, 5.74) is -4.56. The number of para-hydroxylation sites is 3. The zero-order chi connectivity index (χ0) is 24.4. The third-order valence-corrected chi connectivity index (χ3v) is 6.31. The fourth-order valence-electron chi connectivity index (χ4n) is 3.81. The molecule has 0 saturated carbocycles. The summed E-state index contributed by atoms with van der Waals surface area (Å²) in [6.07, 6.45) is 0. The van der Waals surface area contributed by atoms with Crippen LogP contribution in [0.5, 0.6) is 17.2 Å². The van der Waals surface area contributed by atoms with Gasteiger partial charge in [-0.25, -0.2) is 0 Å². The van der Waals surface area contributed by atoms with Gasteiger partial charge in [-0.05, 0) is 18.2 Å². The molecule has 0 saturated heterocycles. The number of hydrogen-bond acceptors (Lipinski definition) is 6. The third kappa shape index (κ3) is 3.17. The molecular weight excluding hydrogens is 477 g/mol. The van der Waals surface area contributed by atoms with Gasteiger partial charge in [0.1, 0.15) is 5.75 Å². The molecule has 0 fully saturated rings. The maximum Gasteiger partial charge on any atom is 0.534 e. The Hall–Kier alpha value is -4.06. The number of halogens is 3. The van der Waals surface area contributed by atoms with Gasteiger partial charge in [-0.3, -0.25) is 14.5 Å². The smallest absolute Gasteiger partial charge is 0.452 e. The first kappa shape index (κ1) is 21.8. The van der Waals surface area contributed by atoms with E-state index in [2.05, 4.69) is 9.17 Å². The van der Waals surface area contributed by atoms with Gasteiger partial charge in [0.15, 0.2) is 11.5 Å². The van der Waals surface area contributed by atoms with Crippen LogP contribution in [0.4, 0.5) is 13.2 Å². The third-order valence-electron chi connectivity index (χ3n) is 5.35. The molecule has 0 atom stereocenters.